The number of allylic oxidation sites excluding steroid dienone is 1. The van der Waals surface area contributed by atoms with Gasteiger partial charge in [-0.05, 0) is 19.3 Å². The van der Waals surface area contributed by atoms with Crippen LogP contribution in [0.1, 0.15) is 309 Å². The van der Waals surface area contributed by atoms with Crippen LogP contribution >= 0.6 is 0 Å². The fourth-order valence-corrected chi connectivity index (χ4v) is 13.0. The third kappa shape index (κ3) is 36.1. The Morgan fingerprint density at radius 2 is 0.681 bits per heavy atom. The summed E-state index contributed by atoms with van der Waals surface area (Å²) in [6, 6.07) is -0.969. The number of carbonyl (C=O) groups is 1. The zero-order valence-corrected chi connectivity index (χ0v) is 57.1. The summed E-state index contributed by atoms with van der Waals surface area (Å²) in [5, 5.41) is 121. The summed E-state index contributed by atoms with van der Waals surface area (Å²) in [4.78, 5) is 13.4. The molecule has 0 aliphatic carbocycles. The Morgan fingerprint density at radius 3 is 1.03 bits per heavy atom. The molecular weight excluding hydrogens is 1170 g/mol. The van der Waals surface area contributed by atoms with Crippen molar-refractivity contribution in [2.24, 2.45) is 0 Å². The molecule has 0 aromatic rings. The topological polar surface area (TPSA) is 307 Å². The number of aliphatic hydroxyl groups excluding tert-OH is 11. The SMILES string of the molecule is CCCCCCCCCCCCCCCCC/C=C/C(O)C(COC1OC(CO)C(OC2OC(CO)C(OC3OC(CO)C(O)C(O)C3O)C(O)C2O)C(O)C1O)NC(=O)CCCCCCCCCCCCCCCCCCCCCCCCCCCCCCC. The van der Waals surface area contributed by atoms with E-state index in [1.54, 1.807) is 6.08 Å². The van der Waals surface area contributed by atoms with Crippen molar-refractivity contribution < 1.29 is 89.4 Å². The predicted octanol–water partition coefficient (Wildman–Crippen LogP) is 10.8. The number of aliphatic hydroxyl groups is 11. The van der Waals surface area contributed by atoms with E-state index in [2.05, 4.69) is 19.2 Å². The second kappa shape index (κ2) is 54.5. The van der Waals surface area contributed by atoms with Gasteiger partial charge in [0.1, 0.15) is 73.2 Å². The molecule has 3 aliphatic heterocycles. The third-order valence-electron chi connectivity index (χ3n) is 19.1. The summed E-state index contributed by atoms with van der Waals surface area (Å²) in [6.45, 7) is 1.78. The zero-order chi connectivity index (χ0) is 66.1. The van der Waals surface area contributed by atoms with Crippen molar-refractivity contribution in [1.82, 2.24) is 5.32 Å². The highest BCUT2D eigenvalue weighted by atomic mass is 16.8. The first-order chi connectivity index (χ1) is 44.3. The van der Waals surface area contributed by atoms with Crippen LogP contribution in [0, 0.1) is 0 Å². The van der Waals surface area contributed by atoms with Crippen LogP contribution in [-0.4, -0.2) is 193 Å². The van der Waals surface area contributed by atoms with Gasteiger partial charge in [0.2, 0.25) is 5.91 Å². The quantitative estimate of drug-likeness (QED) is 0.0199. The lowest BCUT2D eigenvalue weighted by Crippen LogP contribution is -2.66. The van der Waals surface area contributed by atoms with Gasteiger partial charge in [-0.1, -0.05) is 296 Å². The minimum absolute atomic E-state index is 0.250. The van der Waals surface area contributed by atoms with E-state index in [1.165, 1.54) is 238 Å². The molecule has 0 spiro atoms. The lowest BCUT2D eigenvalue weighted by molar-refractivity contribution is -0.379. The van der Waals surface area contributed by atoms with Crippen molar-refractivity contribution in [2.45, 2.75) is 413 Å². The van der Waals surface area contributed by atoms with Crippen LogP contribution < -0.4 is 5.32 Å². The molecule has 3 fully saturated rings. The van der Waals surface area contributed by atoms with E-state index in [0.717, 1.165) is 44.9 Å². The van der Waals surface area contributed by atoms with Gasteiger partial charge in [0.15, 0.2) is 18.9 Å². The van der Waals surface area contributed by atoms with E-state index in [9.17, 15) is 61.0 Å². The van der Waals surface area contributed by atoms with Crippen LogP contribution in [0.4, 0.5) is 0 Å². The number of nitrogens with one attached hydrogen (secondary N) is 1. The van der Waals surface area contributed by atoms with Gasteiger partial charge in [-0.2, -0.15) is 0 Å². The number of rotatable bonds is 59. The first kappa shape index (κ1) is 83.8. The van der Waals surface area contributed by atoms with Gasteiger partial charge < -0.3 is 89.9 Å². The van der Waals surface area contributed by atoms with E-state index in [4.69, 9.17) is 28.4 Å². The van der Waals surface area contributed by atoms with Crippen LogP contribution in [0.25, 0.3) is 0 Å². The summed E-state index contributed by atoms with van der Waals surface area (Å²) in [5.74, 6) is -0.268. The zero-order valence-electron chi connectivity index (χ0n) is 57.1. The van der Waals surface area contributed by atoms with Gasteiger partial charge in [0.05, 0.1) is 38.6 Å². The Morgan fingerprint density at radius 1 is 0.385 bits per heavy atom. The molecule has 17 unspecified atom stereocenters. The van der Waals surface area contributed by atoms with Crippen molar-refractivity contribution in [3.63, 3.8) is 0 Å². The summed E-state index contributed by atoms with van der Waals surface area (Å²) < 4.78 is 34.4. The number of hydrogen-bond donors (Lipinski definition) is 12. The molecule has 0 bridgehead atoms. The number of ether oxygens (including phenoxy) is 6. The molecule has 0 saturated carbocycles. The molecule has 538 valence electrons. The summed E-state index contributed by atoms with van der Waals surface area (Å²) in [5.41, 5.74) is 0. The van der Waals surface area contributed by atoms with Gasteiger partial charge in [0.25, 0.3) is 0 Å². The lowest BCUT2D eigenvalue weighted by atomic mass is 9.96. The molecule has 3 rings (SSSR count). The highest BCUT2D eigenvalue weighted by Gasteiger charge is 2.53. The molecule has 17 atom stereocenters. The molecule has 1 amide bonds. The normalized spacial score (nSPS) is 27.9. The molecule has 3 aliphatic rings. The van der Waals surface area contributed by atoms with Gasteiger partial charge in [0, 0.05) is 6.42 Å². The molecule has 19 nitrogen and oxygen atoms in total. The van der Waals surface area contributed by atoms with E-state index in [-0.39, 0.29) is 18.9 Å². The maximum atomic E-state index is 13.4. The van der Waals surface area contributed by atoms with Crippen molar-refractivity contribution in [2.75, 3.05) is 26.4 Å². The first-order valence-corrected chi connectivity index (χ1v) is 37.4. The fraction of sp³-hybridized carbons (Fsp3) is 0.958. The Labute approximate surface area is 550 Å². The summed E-state index contributed by atoms with van der Waals surface area (Å²) in [6.07, 6.45) is 34.9. The van der Waals surface area contributed by atoms with E-state index >= 15 is 0 Å². The third-order valence-corrected chi connectivity index (χ3v) is 19.1. The molecular formula is C72H137NO18. The van der Waals surface area contributed by atoms with Crippen LogP contribution in [0.15, 0.2) is 12.2 Å². The van der Waals surface area contributed by atoms with E-state index in [1.807, 2.05) is 6.08 Å². The van der Waals surface area contributed by atoms with Crippen molar-refractivity contribution in [3.8, 4) is 0 Å². The van der Waals surface area contributed by atoms with Gasteiger partial charge in [-0.25, -0.2) is 0 Å². The Bertz CT molecular complexity index is 1700. The van der Waals surface area contributed by atoms with Gasteiger partial charge >= 0.3 is 0 Å². The average molecular weight is 1300 g/mol. The van der Waals surface area contributed by atoms with E-state index in [0.29, 0.717) is 6.42 Å². The maximum absolute atomic E-state index is 13.4. The largest absolute Gasteiger partial charge is 0.394 e. The predicted molar refractivity (Wildman–Crippen MR) is 356 cm³/mol. The minimum atomic E-state index is -1.98. The number of carbonyl (C=O) groups excluding carboxylic acids is 1. The molecule has 19 heteroatoms. The Hall–Kier alpha value is -1.47. The van der Waals surface area contributed by atoms with E-state index < -0.39 is 124 Å². The van der Waals surface area contributed by atoms with Crippen molar-refractivity contribution >= 4 is 5.91 Å². The monoisotopic (exact) mass is 1300 g/mol. The summed E-state index contributed by atoms with van der Waals surface area (Å²) >= 11 is 0. The average Bonchev–Trinajstić information content (AvgIpc) is 0.885. The van der Waals surface area contributed by atoms with Crippen LogP contribution in [0.2, 0.25) is 0 Å². The fourth-order valence-electron chi connectivity index (χ4n) is 13.0. The standard InChI is InChI=1S/C72H137NO18/c1-3-5-7-9-11-13-15-17-19-21-22-23-24-25-26-27-28-29-30-31-32-34-36-38-40-42-44-46-48-50-60(78)73-55(56(77)49-47-45-43-41-39-37-35-33-20-18-16-14-12-10-8-6-4-2)54-86-70-66(84)63(81)68(58(52-75)88-70)91-72-67(85)64(82)69(59(53-76)89-72)90-71-65(83)62(80)61(79)57(51-74)87-71/h47,49,55-59,61-72,74-77,79-85H,3-46,48,50-54H2,1-2H3,(H,73,78)/b49-47+. The van der Waals surface area contributed by atoms with Crippen molar-refractivity contribution in [3.05, 3.63) is 12.2 Å². The maximum Gasteiger partial charge on any atom is 0.220 e. The number of unbranched alkanes of at least 4 members (excludes halogenated alkanes) is 43. The van der Waals surface area contributed by atoms with Crippen LogP contribution in [-0.2, 0) is 33.2 Å². The minimum Gasteiger partial charge on any atom is -0.394 e. The second-order valence-electron chi connectivity index (χ2n) is 27.1. The molecule has 0 radical (unpaired) electrons. The highest BCUT2D eigenvalue weighted by Crippen LogP contribution is 2.33. The van der Waals surface area contributed by atoms with Crippen LogP contribution in [0.3, 0.4) is 0 Å². The van der Waals surface area contributed by atoms with Crippen molar-refractivity contribution in [1.29, 1.82) is 0 Å². The van der Waals surface area contributed by atoms with Crippen LogP contribution in [0.5, 0.6) is 0 Å². The Balaban J connectivity index is 1.38. The summed E-state index contributed by atoms with van der Waals surface area (Å²) in [7, 11) is 0. The molecule has 12 N–H and O–H groups in total. The number of amides is 1. The van der Waals surface area contributed by atoms with Gasteiger partial charge in [-0.3, -0.25) is 4.79 Å². The Kier molecular flexibility index (Phi) is 50.2. The highest BCUT2D eigenvalue weighted by molar-refractivity contribution is 5.76. The molecule has 3 saturated heterocycles. The molecule has 0 aromatic carbocycles. The smallest absolute Gasteiger partial charge is 0.220 e. The van der Waals surface area contributed by atoms with Gasteiger partial charge in [-0.15, -0.1) is 0 Å². The second-order valence-corrected chi connectivity index (χ2v) is 27.1. The lowest BCUT2D eigenvalue weighted by Gasteiger charge is -2.48. The molecule has 0 aromatic heterocycles. The molecule has 91 heavy (non-hydrogen) atoms. The molecule has 3 heterocycles. The number of hydrogen-bond acceptors (Lipinski definition) is 18. The first-order valence-electron chi connectivity index (χ1n) is 37.4.